The van der Waals surface area contributed by atoms with Crippen molar-refractivity contribution < 1.29 is 24.8 Å². The van der Waals surface area contributed by atoms with Crippen LogP contribution in [0.25, 0.3) is 0 Å². The largest absolute Gasteiger partial charge is 0.394 e. The van der Waals surface area contributed by atoms with Gasteiger partial charge in [-0.1, -0.05) is 89.7 Å². The van der Waals surface area contributed by atoms with Crippen LogP contribution in [0.4, 0.5) is 0 Å². The van der Waals surface area contributed by atoms with Crippen LogP contribution in [0.15, 0.2) is 12.2 Å². The molecule has 184 valence electrons. The fourth-order valence-corrected chi connectivity index (χ4v) is 4.15. The van der Waals surface area contributed by atoms with Crippen molar-refractivity contribution in [1.29, 1.82) is 0 Å². The normalized spacial score (nSPS) is 24.3. The van der Waals surface area contributed by atoms with Crippen LogP contribution in [-0.2, 0) is 9.47 Å². The third kappa shape index (κ3) is 14.3. The molecule has 0 aromatic heterocycles. The number of rotatable bonds is 20. The smallest absolute Gasteiger partial charge is 0.114 e. The molecule has 0 unspecified atom stereocenters. The van der Waals surface area contributed by atoms with E-state index in [0.717, 1.165) is 25.7 Å². The Morgan fingerprint density at radius 3 is 1.84 bits per heavy atom. The Morgan fingerprint density at radius 1 is 0.774 bits per heavy atom. The highest BCUT2D eigenvalue weighted by atomic mass is 16.6. The van der Waals surface area contributed by atoms with E-state index in [9.17, 15) is 15.3 Å². The summed E-state index contributed by atoms with van der Waals surface area (Å²) >= 11 is 0. The summed E-state index contributed by atoms with van der Waals surface area (Å²) in [5.41, 5.74) is 0. The monoisotopic (exact) mass is 442 g/mol. The summed E-state index contributed by atoms with van der Waals surface area (Å²) in [5.74, 6) is 0. The van der Waals surface area contributed by atoms with Crippen LogP contribution < -0.4 is 0 Å². The average Bonchev–Trinajstić information content (AvgIpc) is 2.77. The van der Waals surface area contributed by atoms with Gasteiger partial charge in [-0.3, -0.25) is 0 Å². The van der Waals surface area contributed by atoms with Crippen LogP contribution in [0.5, 0.6) is 0 Å². The van der Waals surface area contributed by atoms with Gasteiger partial charge in [0.2, 0.25) is 0 Å². The molecule has 1 fully saturated rings. The Hall–Kier alpha value is -0.460. The first-order valence-electron chi connectivity index (χ1n) is 13.1. The molecule has 0 spiro atoms. The minimum Gasteiger partial charge on any atom is -0.394 e. The number of aliphatic hydroxyl groups is 3. The SMILES string of the molecule is CCCCCCCCCCCCC/C=C/CCCCCO[C@H]1[C@H](O)[C@@H](CO)OC[C@@H]1O. The third-order valence-corrected chi connectivity index (χ3v) is 6.22. The van der Waals surface area contributed by atoms with Crippen LogP contribution in [0.2, 0.25) is 0 Å². The molecule has 0 radical (unpaired) electrons. The molecule has 0 aliphatic carbocycles. The molecule has 0 aromatic carbocycles. The van der Waals surface area contributed by atoms with Crippen LogP contribution >= 0.6 is 0 Å². The first-order chi connectivity index (χ1) is 15.2. The number of ether oxygens (including phenoxy) is 2. The van der Waals surface area contributed by atoms with Gasteiger partial charge in [-0.15, -0.1) is 0 Å². The predicted molar refractivity (Wildman–Crippen MR) is 127 cm³/mol. The van der Waals surface area contributed by atoms with E-state index in [1.807, 2.05) is 0 Å². The minimum absolute atomic E-state index is 0.0941. The van der Waals surface area contributed by atoms with Crippen LogP contribution in [-0.4, -0.2) is 59.6 Å². The maximum absolute atomic E-state index is 10.1. The maximum atomic E-state index is 10.1. The van der Waals surface area contributed by atoms with Gasteiger partial charge >= 0.3 is 0 Å². The lowest BCUT2D eigenvalue weighted by Gasteiger charge is -2.37. The Labute approximate surface area is 191 Å². The van der Waals surface area contributed by atoms with E-state index in [1.165, 1.54) is 77.0 Å². The van der Waals surface area contributed by atoms with E-state index in [2.05, 4.69) is 19.1 Å². The first kappa shape index (κ1) is 28.6. The summed E-state index contributed by atoms with van der Waals surface area (Å²) in [5, 5.41) is 29.1. The molecule has 1 saturated heterocycles. The molecule has 0 bridgehead atoms. The molecular weight excluding hydrogens is 392 g/mol. The Balaban J connectivity index is 1.84. The lowest BCUT2D eigenvalue weighted by atomic mass is 10.0. The Kier molecular flexibility index (Phi) is 18.6. The molecule has 3 N–H and O–H groups in total. The van der Waals surface area contributed by atoms with Gasteiger partial charge in [0.15, 0.2) is 0 Å². The van der Waals surface area contributed by atoms with Crippen LogP contribution in [0.1, 0.15) is 110 Å². The van der Waals surface area contributed by atoms with E-state index in [0.29, 0.717) is 6.61 Å². The summed E-state index contributed by atoms with van der Waals surface area (Å²) in [7, 11) is 0. The third-order valence-electron chi connectivity index (χ3n) is 6.22. The van der Waals surface area contributed by atoms with Gasteiger partial charge in [-0.2, -0.15) is 0 Å². The van der Waals surface area contributed by atoms with E-state index < -0.39 is 24.4 Å². The molecular formula is C26H50O5. The second-order valence-corrected chi connectivity index (χ2v) is 9.09. The highest BCUT2D eigenvalue weighted by molar-refractivity contribution is 4.87. The molecule has 5 nitrogen and oxygen atoms in total. The van der Waals surface area contributed by atoms with Gasteiger partial charge in [0.05, 0.1) is 13.2 Å². The van der Waals surface area contributed by atoms with Crippen molar-refractivity contribution in [2.45, 2.75) is 134 Å². The maximum Gasteiger partial charge on any atom is 0.114 e. The number of unbranched alkanes of at least 4 members (excludes halogenated alkanes) is 14. The van der Waals surface area contributed by atoms with Gasteiger partial charge in [-0.25, -0.2) is 0 Å². The highest BCUT2D eigenvalue weighted by Crippen LogP contribution is 2.19. The van der Waals surface area contributed by atoms with Crippen molar-refractivity contribution in [3.63, 3.8) is 0 Å². The lowest BCUT2D eigenvalue weighted by molar-refractivity contribution is -0.210. The second-order valence-electron chi connectivity index (χ2n) is 9.09. The topological polar surface area (TPSA) is 79.2 Å². The van der Waals surface area contributed by atoms with Gasteiger partial charge in [0, 0.05) is 6.61 Å². The summed E-state index contributed by atoms with van der Waals surface area (Å²) < 4.78 is 10.8. The van der Waals surface area contributed by atoms with E-state index >= 15 is 0 Å². The fourth-order valence-electron chi connectivity index (χ4n) is 4.15. The van der Waals surface area contributed by atoms with Crippen molar-refractivity contribution in [1.82, 2.24) is 0 Å². The quantitative estimate of drug-likeness (QED) is 0.176. The second kappa shape index (κ2) is 20.2. The molecule has 31 heavy (non-hydrogen) atoms. The zero-order valence-electron chi connectivity index (χ0n) is 20.1. The number of hydrogen-bond donors (Lipinski definition) is 3. The molecule has 0 aromatic rings. The standard InChI is InChI=1S/C26H50O5/c1-2-3-4-5-6-7-8-9-10-11-12-13-14-15-16-17-18-19-20-30-26-23(28)22-31-24(21-27)25(26)29/h14-15,23-29H,2-13,16-22H2,1H3/b15-14+/t23-,24+,25+,26+/m0/s1. The molecule has 0 saturated carbocycles. The van der Waals surface area contributed by atoms with Crippen molar-refractivity contribution in [2.75, 3.05) is 19.8 Å². The molecule has 0 amide bonds. The van der Waals surface area contributed by atoms with E-state index in [4.69, 9.17) is 9.47 Å². The van der Waals surface area contributed by atoms with Crippen molar-refractivity contribution in [2.24, 2.45) is 0 Å². The van der Waals surface area contributed by atoms with Crippen molar-refractivity contribution in [3.8, 4) is 0 Å². The van der Waals surface area contributed by atoms with Crippen LogP contribution in [0.3, 0.4) is 0 Å². The fraction of sp³-hybridized carbons (Fsp3) is 0.923. The summed E-state index contributed by atoms with van der Waals surface area (Å²) in [6, 6.07) is 0. The molecule has 5 heteroatoms. The van der Waals surface area contributed by atoms with E-state index in [1.54, 1.807) is 0 Å². The summed E-state index contributed by atoms with van der Waals surface area (Å²) in [6.45, 7) is 2.62. The minimum atomic E-state index is -0.979. The van der Waals surface area contributed by atoms with Gasteiger partial charge < -0.3 is 24.8 Å². The van der Waals surface area contributed by atoms with Gasteiger partial charge in [0.25, 0.3) is 0 Å². The van der Waals surface area contributed by atoms with Gasteiger partial charge in [0.1, 0.15) is 24.4 Å². The summed E-state index contributed by atoms with van der Waals surface area (Å²) in [4.78, 5) is 0. The molecule has 1 heterocycles. The van der Waals surface area contributed by atoms with Crippen molar-refractivity contribution in [3.05, 3.63) is 12.2 Å². The first-order valence-corrected chi connectivity index (χ1v) is 13.1. The van der Waals surface area contributed by atoms with E-state index in [-0.39, 0.29) is 13.2 Å². The molecule has 1 rings (SSSR count). The van der Waals surface area contributed by atoms with Gasteiger partial charge in [-0.05, 0) is 32.1 Å². The highest BCUT2D eigenvalue weighted by Gasteiger charge is 2.38. The Morgan fingerprint density at radius 2 is 1.29 bits per heavy atom. The Bertz CT molecular complexity index is 415. The zero-order valence-corrected chi connectivity index (χ0v) is 20.1. The number of aliphatic hydroxyl groups excluding tert-OH is 3. The average molecular weight is 443 g/mol. The molecule has 1 aliphatic heterocycles. The van der Waals surface area contributed by atoms with Crippen molar-refractivity contribution >= 4 is 0 Å². The molecule has 1 aliphatic rings. The zero-order chi connectivity index (χ0) is 22.6. The summed E-state index contributed by atoms with van der Waals surface area (Å²) in [6.07, 6.45) is 22.2. The number of hydrogen-bond acceptors (Lipinski definition) is 5. The molecule has 4 atom stereocenters. The lowest BCUT2D eigenvalue weighted by Crippen LogP contribution is -2.55. The predicted octanol–water partition coefficient (Wildman–Crippen LogP) is 5.30. The number of allylic oxidation sites excluding steroid dienone is 2. The van der Waals surface area contributed by atoms with Crippen LogP contribution in [0, 0.1) is 0 Å².